The lowest BCUT2D eigenvalue weighted by Gasteiger charge is -2.22. The number of para-hydroxylation sites is 2. The van der Waals surface area contributed by atoms with Crippen LogP contribution in [0.2, 0.25) is 0 Å². The van der Waals surface area contributed by atoms with Gasteiger partial charge in [-0.05, 0) is 60.7 Å². The van der Waals surface area contributed by atoms with Crippen LogP contribution in [0.4, 0.5) is 11.4 Å². The van der Waals surface area contributed by atoms with Crippen molar-refractivity contribution in [3.05, 3.63) is 95.1 Å². The predicted molar refractivity (Wildman–Crippen MR) is 176 cm³/mol. The first kappa shape index (κ1) is 30.3. The first-order valence-electron chi connectivity index (χ1n) is 14.7. The number of ketones is 1. The summed E-state index contributed by atoms with van der Waals surface area (Å²) in [5, 5.41) is 34.9. The van der Waals surface area contributed by atoms with Crippen LogP contribution in [0, 0.1) is 0 Å². The van der Waals surface area contributed by atoms with Crippen molar-refractivity contribution in [3.8, 4) is 34.5 Å². The lowest BCUT2D eigenvalue weighted by atomic mass is 9.98. The number of phenols is 2. The van der Waals surface area contributed by atoms with Crippen molar-refractivity contribution in [1.82, 2.24) is 0 Å². The van der Waals surface area contributed by atoms with Crippen LogP contribution in [-0.4, -0.2) is 68.9 Å². The van der Waals surface area contributed by atoms with Gasteiger partial charge >= 0.3 is 0 Å². The van der Waals surface area contributed by atoms with E-state index in [1.807, 2.05) is 36.4 Å². The molecule has 0 saturated carbocycles. The standard InChI is InChI=1S/C35H34N4O7/c1-43-29-13-11-21(19-31(29)45-3)25-15-17-38(36-25)33-23(7-5-9-27(33)40)35(42)24-8-6-10-28(41)34(24)39-18-16-26(37-39)22-12-14-30(44-2)32(20-22)46-4/h5-14,19-20,40-41H,15-18H2,1-4H3. The molecule has 2 aliphatic heterocycles. The third-order valence-corrected chi connectivity index (χ3v) is 8.07. The molecule has 0 radical (unpaired) electrons. The number of phenolic OH excluding ortho intramolecular Hbond substituents is 2. The highest BCUT2D eigenvalue weighted by atomic mass is 16.5. The minimum Gasteiger partial charge on any atom is -0.506 e. The summed E-state index contributed by atoms with van der Waals surface area (Å²) < 4.78 is 21.6. The van der Waals surface area contributed by atoms with Crippen molar-refractivity contribution >= 4 is 28.6 Å². The number of benzene rings is 4. The molecule has 0 atom stereocenters. The first-order valence-corrected chi connectivity index (χ1v) is 14.7. The van der Waals surface area contributed by atoms with Gasteiger partial charge in [-0.1, -0.05) is 12.1 Å². The van der Waals surface area contributed by atoms with E-state index in [0.717, 1.165) is 22.6 Å². The minimum absolute atomic E-state index is 0.0835. The van der Waals surface area contributed by atoms with Gasteiger partial charge in [0.1, 0.15) is 22.9 Å². The number of hydrogen-bond acceptors (Lipinski definition) is 11. The topological polar surface area (TPSA) is 126 Å². The molecule has 4 aromatic rings. The van der Waals surface area contributed by atoms with Crippen molar-refractivity contribution in [2.45, 2.75) is 12.8 Å². The molecule has 2 aliphatic rings. The number of carbonyl (C=O) groups is 1. The Kier molecular flexibility index (Phi) is 8.39. The summed E-state index contributed by atoms with van der Waals surface area (Å²) in [4.78, 5) is 14.3. The fourth-order valence-electron chi connectivity index (χ4n) is 5.79. The maximum atomic E-state index is 14.3. The number of carbonyl (C=O) groups excluding carboxylic acids is 1. The quantitative estimate of drug-likeness (QED) is 0.218. The van der Waals surface area contributed by atoms with Gasteiger partial charge < -0.3 is 29.2 Å². The minimum atomic E-state index is -0.388. The molecule has 0 bridgehead atoms. The van der Waals surface area contributed by atoms with Gasteiger partial charge in [0.15, 0.2) is 28.8 Å². The highest BCUT2D eigenvalue weighted by Crippen LogP contribution is 2.40. The van der Waals surface area contributed by atoms with Crippen LogP contribution >= 0.6 is 0 Å². The van der Waals surface area contributed by atoms with Crippen LogP contribution in [0.1, 0.15) is 39.9 Å². The Balaban J connectivity index is 1.34. The summed E-state index contributed by atoms with van der Waals surface area (Å²) >= 11 is 0. The Labute approximate surface area is 266 Å². The summed E-state index contributed by atoms with van der Waals surface area (Å²) in [5.74, 6) is 1.82. The van der Waals surface area contributed by atoms with E-state index < -0.39 is 0 Å². The summed E-state index contributed by atoms with van der Waals surface area (Å²) in [7, 11) is 6.30. The molecule has 0 aliphatic carbocycles. The number of rotatable bonds is 10. The number of hydrazone groups is 2. The Hall–Kier alpha value is -5.71. The summed E-state index contributed by atoms with van der Waals surface area (Å²) in [6.07, 6.45) is 1.16. The van der Waals surface area contributed by atoms with Crippen molar-refractivity contribution in [1.29, 1.82) is 0 Å². The van der Waals surface area contributed by atoms with Crippen molar-refractivity contribution in [2.24, 2.45) is 10.2 Å². The fourth-order valence-corrected chi connectivity index (χ4v) is 5.79. The Morgan fingerprint density at radius 1 is 0.609 bits per heavy atom. The van der Waals surface area contributed by atoms with E-state index >= 15 is 0 Å². The van der Waals surface area contributed by atoms with Gasteiger partial charge in [0.2, 0.25) is 0 Å². The largest absolute Gasteiger partial charge is 0.506 e. The maximum Gasteiger partial charge on any atom is 0.197 e. The van der Waals surface area contributed by atoms with E-state index in [0.29, 0.717) is 48.9 Å². The van der Waals surface area contributed by atoms with Crippen LogP contribution in [-0.2, 0) is 0 Å². The van der Waals surface area contributed by atoms with Crippen LogP contribution in [0.25, 0.3) is 0 Å². The molecule has 46 heavy (non-hydrogen) atoms. The monoisotopic (exact) mass is 622 g/mol. The smallest absolute Gasteiger partial charge is 0.197 e. The second-order valence-electron chi connectivity index (χ2n) is 10.7. The number of ether oxygens (including phenoxy) is 4. The number of anilines is 2. The Bertz CT molecular complexity index is 1740. The normalized spacial score (nSPS) is 14.2. The molecule has 6 rings (SSSR count). The van der Waals surface area contributed by atoms with E-state index in [9.17, 15) is 15.0 Å². The fraction of sp³-hybridized carbons (Fsp3) is 0.229. The van der Waals surface area contributed by atoms with E-state index in [2.05, 4.69) is 0 Å². The summed E-state index contributed by atoms with van der Waals surface area (Å²) in [5.41, 5.74) is 4.29. The van der Waals surface area contributed by atoms with Gasteiger partial charge in [0.05, 0.1) is 51.0 Å². The number of nitrogens with zero attached hydrogens (tertiary/aromatic N) is 4. The van der Waals surface area contributed by atoms with Crippen LogP contribution < -0.4 is 29.0 Å². The van der Waals surface area contributed by atoms with E-state index in [1.165, 1.54) is 12.1 Å². The summed E-state index contributed by atoms with van der Waals surface area (Å²) in [6, 6.07) is 20.7. The second kappa shape index (κ2) is 12.7. The molecule has 0 fully saturated rings. The van der Waals surface area contributed by atoms with Crippen molar-refractivity contribution in [2.75, 3.05) is 51.5 Å². The van der Waals surface area contributed by atoms with Gasteiger partial charge in [-0.25, -0.2) is 0 Å². The Morgan fingerprint density at radius 3 is 1.41 bits per heavy atom. The average molecular weight is 623 g/mol. The second-order valence-corrected chi connectivity index (χ2v) is 10.7. The van der Waals surface area contributed by atoms with Gasteiger partial charge in [-0.2, -0.15) is 10.2 Å². The van der Waals surface area contributed by atoms with Gasteiger partial charge in [-0.3, -0.25) is 14.8 Å². The number of aromatic hydroxyl groups is 2. The number of hydrogen-bond donors (Lipinski definition) is 2. The molecule has 0 spiro atoms. The van der Waals surface area contributed by atoms with Crippen molar-refractivity contribution in [3.63, 3.8) is 0 Å². The highest BCUT2D eigenvalue weighted by molar-refractivity contribution is 6.17. The van der Waals surface area contributed by atoms with Crippen LogP contribution in [0.3, 0.4) is 0 Å². The maximum absolute atomic E-state index is 14.3. The van der Waals surface area contributed by atoms with Crippen LogP contribution in [0.15, 0.2) is 83.0 Å². The molecule has 0 aromatic heterocycles. The predicted octanol–water partition coefficient (Wildman–Crippen LogP) is 5.59. The lowest BCUT2D eigenvalue weighted by Crippen LogP contribution is -2.19. The zero-order valence-electron chi connectivity index (χ0n) is 26.0. The zero-order chi connectivity index (χ0) is 32.4. The SMILES string of the molecule is COc1ccc(C2=NN(c3c(O)cccc3C(=O)c3cccc(O)c3N3CCC(c4ccc(OC)c(OC)c4)=N3)CC2)cc1OC. The average Bonchev–Trinajstić information content (AvgIpc) is 3.78. The molecule has 11 nitrogen and oxygen atoms in total. The molecular formula is C35H34N4O7. The third-order valence-electron chi connectivity index (χ3n) is 8.07. The van der Waals surface area contributed by atoms with Gasteiger partial charge in [0.25, 0.3) is 0 Å². The first-order chi connectivity index (χ1) is 22.4. The lowest BCUT2D eigenvalue weighted by molar-refractivity contribution is 0.103. The van der Waals surface area contributed by atoms with E-state index in [1.54, 1.807) is 62.7 Å². The molecule has 4 aromatic carbocycles. The highest BCUT2D eigenvalue weighted by Gasteiger charge is 2.30. The molecule has 11 heteroatoms. The van der Waals surface area contributed by atoms with Crippen molar-refractivity contribution < 1.29 is 34.0 Å². The van der Waals surface area contributed by atoms with Crippen LogP contribution in [0.5, 0.6) is 34.5 Å². The zero-order valence-corrected chi connectivity index (χ0v) is 26.0. The molecule has 0 unspecified atom stereocenters. The van der Waals surface area contributed by atoms with Gasteiger partial charge in [-0.15, -0.1) is 0 Å². The summed E-state index contributed by atoms with van der Waals surface area (Å²) in [6.45, 7) is 0.888. The molecule has 0 amide bonds. The molecular weight excluding hydrogens is 588 g/mol. The van der Waals surface area contributed by atoms with Gasteiger partial charge in [0, 0.05) is 37.1 Å². The van der Waals surface area contributed by atoms with E-state index in [-0.39, 0.29) is 39.8 Å². The molecule has 2 heterocycles. The number of methoxy groups -OCH3 is 4. The van der Waals surface area contributed by atoms with E-state index in [4.69, 9.17) is 29.2 Å². The third kappa shape index (κ3) is 5.51. The Morgan fingerprint density at radius 2 is 1.02 bits per heavy atom. The molecule has 0 saturated heterocycles. The molecule has 236 valence electrons. The molecule has 2 N–H and O–H groups in total.